The highest BCUT2D eigenvalue weighted by molar-refractivity contribution is 7.91. The van der Waals surface area contributed by atoms with E-state index in [1.807, 2.05) is 20.8 Å². The van der Waals surface area contributed by atoms with Crippen molar-refractivity contribution in [1.82, 2.24) is 3.89 Å². The average molecular weight is 409 g/mol. The Morgan fingerprint density at radius 1 is 1.00 bits per heavy atom. The molecule has 0 saturated carbocycles. The Morgan fingerprint density at radius 2 is 1.61 bits per heavy atom. The van der Waals surface area contributed by atoms with Crippen LogP contribution in [0.3, 0.4) is 0 Å². The molecule has 2 aromatic rings. The zero-order valence-electron chi connectivity index (χ0n) is 17.2. The van der Waals surface area contributed by atoms with Crippen molar-refractivity contribution in [3.8, 4) is 5.75 Å². The third-order valence-corrected chi connectivity index (χ3v) is 6.94. The van der Waals surface area contributed by atoms with Crippen LogP contribution >= 0.6 is 0 Å². The number of benzene rings is 2. The molecule has 1 atom stereocenters. The van der Waals surface area contributed by atoms with Crippen LogP contribution in [0.1, 0.15) is 19.4 Å². The summed E-state index contributed by atoms with van der Waals surface area (Å²) in [5.41, 5.74) is 1.57. The van der Waals surface area contributed by atoms with E-state index in [4.69, 9.17) is 14.2 Å². The number of sulfonamides is 1. The van der Waals surface area contributed by atoms with E-state index < -0.39 is 20.2 Å². The molecule has 0 amide bonds. The Labute approximate surface area is 168 Å². The summed E-state index contributed by atoms with van der Waals surface area (Å²) in [5, 5.41) is 0. The lowest BCUT2D eigenvalue weighted by Gasteiger charge is -2.35. The van der Waals surface area contributed by atoms with Gasteiger partial charge in [0, 0.05) is 25.3 Å². The van der Waals surface area contributed by atoms with Crippen molar-refractivity contribution in [2.24, 2.45) is 0 Å². The molecule has 2 aromatic carbocycles. The lowest BCUT2D eigenvalue weighted by molar-refractivity contribution is -0.138. The molecule has 0 N–H and O–H groups in total. The van der Waals surface area contributed by atoms with E-state index >= 15 is 0 Å². The van der Waals surface area contributed by atoms with Crippen molar-refractivity contribution in [3.05, 3.63) is 54.1 Å². The highest BCUT2D eigenvalue weighted by atomic mass is 32.2. The topological polar surface area (TPSA) is 61.8 Å². The van der Waals surface area contributed by atoms with Gasteiger partial charge < -0.3 is 14.2 Å². The molecule has 6 nitrogen and oxygen atoms in total. The predicted molar refractivity (Wildman–Crippen MR) is 111 cm³/mol. The number of quaternary nitrogens is 1. The summed E-state index contributed by atoms with van der Waals surface area (Å²) in [7, 11) is -0.587. The number of hydrogen-bond donors (Lipinski definition) is 0. The molecule has 1 unspecified atom stereocenters. The Hall–Kier alpha value is -1.93. The summed E-state index contributed by atoms with van der Waals surface area (Å²) in [6.07, 6.45) is -0.661. The highest BCUT2D eigenvalue weighted by Gasteiger charge is 2.44. The molecule has 0 spiro atoms. The van der Waals surface area contributed by atoms with Gasteiger partial charge in [0.1, 0.15) is 17.2 Å². The zero-order valence-corrected chi connectivity index (χ0v) is 18.0. The van der Waals surface area contributed by atoms with E-state index in [0.29, 0.717) is 24.7 Å². The van der Waals surface area contributed by atoms with Gasteiger partial charge in [-0.25, -0.2) is 0 Å². The van der Waals surface area contributed by atoms with Gasteiger partial charge in [0.25, 0.3) is 0 Å². The fourth-order valence-corrected chi connectivity index (χ4v) is 4.65. The maximum atomic E-state index is 13.7. The van der Waals surface area contributed by atoms with Crippen LogP contribution in [0.25, 0.3) is 0 Å². The third kappa shape index (κ3) is 4.72. The van der Waals surface area contributed by atoms with Gasteiger partial charge in [-0.1, -0.05) is 23.8 Å². The summed E-state index contributed by atoms with van der Waals surface area (Å²) < 4.78 is 43.7. The first-order valence-corrected chi connectivity index (χ1v) is 10.8. The van der Waals surface area contributed by atoms with Crippen LogP contribution in [-0.2, 0) is 19.5 Å². The lowest BCUT2D eigenvalue weighted by atomic mass is 10.2. The predicted octanol–water partition coefficient (Wildman–Crippen LogP) is 3.73. The van der Waals surface area contributed by atoms with Crippen molar-refractivity contribution in [3.63, 3.8) is 0 Å². The SMILES string of the molecule is CCOC(C[N+](C)(c1cccc(OC)c1)S(=O)(=O)c1ccc(C)cc1)OCC. The van der Waals surface area contributed by atoms with Crippen molar-refractivity contribution in [2.45, 2.75) is 32.0 Å². The van der Waals surface area contributed by atoms with Gasteiger partial charge in [0.05, 0.1) is 14.2 Å². The van der Waals surface area contributed by atoms with E-state index in [0.717, 1.165) is 5.56 Å². The Morgan fingerprint density at radius 3 is 2.14 bits per heavy atom. The number of ether oxygens (including phenoxy) is 3. The normalized spacial score (nSPS) is 14.1. The molecule has 0 radical (unpaired) electrons. The van der Waals surface area contributed by atoms with Crippen LogP contribution in [0.15, 0.2) is 53.4 Å². The first-order valence-electron chi connectivity index (χ1n) is 9.33. The van der Waals surface area contributed by atoms with Crippen LogP contribution in [0.5, 0.6) is 5.75 Å². The van der Waals surface area contributed by atoms with Gasteiger partial charge in [-0.05, 0) is 39.0 Å². The molecular formula is C21H30NO5S+. The van der Waals surface area contributed by atoms with Gasteiger partial charge in [-0.15, -0.1) is 0 Å². The minimum absolute atomic E-state index is 0.102. The monoisotopic (exact) mass is 408 g/mol. The number of nitrogens with zero attached hydrogens (tertiary/aromatic N) is 1. The second-order valence-electron chi connectivity index (χ2n) is 6.61. The molecule has 0 saturated heterocycles. The number of methoxy groups -OCH3 is 1. The first kappa shape index (κ1) is 22.4. The summed E-state index contributed by atoms with van der Waals surface area (Å²) >= 11 is 0. The van der Waals surface area contributed by atoms with E-state index in [1.54, 1.807) is 62.7 Å². The van der Waals surface area contributed by atoms with Crippen molar-refractivity contribution in [1.29, 1.82) is 0 Å². The second kappa shape index (κ2) is 9.52. The highest BCUT2D eigenvalue weighted by Crippen LogP contribution is 2.33. The molecule has 7 heteroatoms. The Kier molecular flexibility index (Phi) is 7.60. The van der Waals surface area contributed by atoms with Gasteiger partial charge in [-0.2, -0.15) is 12.3 Å². The largest absolute Gasteiger partial charge is 0.497 e. The van der Waals surface area contributed by atoms with Crippen LogP contribution in [0, 0.1) is 6.92 Å². The van der Waals surface area contributed by atoms with E-state index in [1.165, 1.54) is 0 Å². The van der Waals surface area contributed by atoms with Crippen LogP contribution < -0.4 is 8.63 Å². The molecule has 28 heavy (non-hydrogen) atoms. The molecule has 2 rings (SSSR count). The third-order valence-electron chi connectivity index (χ3n) is 4.65. The Balaban J connectivity index is 2.61. The standard InChI is InChI=1S/C21H30NO5S/c1-6-26-21(27-7-2)16-22(4,18-9-8-10-19(15-18)25-5)28(23,24)20-13-11-17(3)12-14-20/h8-15,21H,6-7,16H2,1-5H3/q+1. The van der Waals surface area contributed by atoms with Gasteiger partial charge in [0.15, 0.2) is 5.69 Å². The number of likely N-dealkylation sites (N-methyl/N-ethyl adjacent to an activating group) is 1. The molecule has 0 aliphatic heterocycles. The molecule has 0 fully saturated rings. The van der Waals surface area contributed by atoms with E-state index in [9.17, 15) is 8.42 Å². The summed E-state index contributed by atoms with van der Waals surface area (Å²) in [5.74, 6) is 0.588. The smallest absolute Gasteiger partial charge is 0.332 e. The summed E-state index contributed by atoms with van der Waals surface area (Å²) in [6.45, 7) is 6.59. The van der Waals surface area contributed by atoms with Crippen LogP contribution in [-0.4, -0.2) is 48.6 Å². The average Bonchev–Trinajstić information content (AvgIpc) is 2.68. The molecular weight excluding hydrogens is 378 g/mol. The fraction of sp³-hybridized carbons (Fsp3) is 0.429. The van der Waals surface area contributed by atoms with E-state index in [-0.39, 0.29) is 11.4 Å². The molecule has 0 heterocycles. The van der Waals surface area contributed by atoms with Crippen molar-refractivity contribution >= 4 is 15.7 Å². The van der Waals surface area contributed by atoms with Gasteiger partial charge in [-0.3, -0.25) is 0 Å². The van der Waals surface area contributed by atoms with Crippen LogP contribution in [0.4, 0.5) is 5.69 Å². The minimum Gasteiger partial charge on any atom is -0.497 e. The Bertz CT molecular complexity index is 861. The number of aryl methyl sites for hydroxylation is 1. The fourth-order valence-electron chi connectivity index (χ4n) is 3.00. The molecule has 0 aromatic heterocycles. The lowest BCUT2D eigenvalue weighted by Crippen LogP contribution is -2.55. The van der Waals surface area contributed by atoms with Gasteiger partial charge in [0.2, 0.25) is 6.29 Å². The van der Waals surface area contributed by atoms with Crippen molar-refractivity contribution < 1.29 is 22.6 Å². The van der Waals surface area contributed by atoms with Crippen molar-refractivity contribution in [2.75, 3.05) is 33.9 Å². The minimum atomic E-state index is -3.81. The maximum Gasteiger partial charge on any atom is 0.332 e. The summed E-state index contributed by atoms with van der Waals surface area (Å²) in [4.78, 5) is 0.246. The molecule has 0 bridgehead atoms. The molecule has 154 valence electrons. The molecule has 0 aliphatic carbocycles. The zero-order chi connectivity index (χ0) is 20.8. The molecule has 0 aliphatic rings. The van der Waals surface area contributed by atoms with E-state index in [2.05, 4.69) is 0 Å². The summed E-state index contributed by atoms with van der Waals surface area (Å²) in [6, 6.07) is 14.0. The number of rotatable bonds is 10. The first-order chi connectivity index (χ1) is 13.3. The maximum absolute atomic E-state index is 13.7. The quantitative estimate of drug-likeness (QED) is 0.443. The van der Waals surface area contributed by atoms with Crippen LogP contribution in [0.2, 0.25) is 0 Å². The second-order valence-corrected chi connectivity index (χ2v) is 8.84. The number of hydrogen-bond acceptors (Lipinski definition) is 5. The van der Waals surface area contributed by atoms with Gasteiger partial charge >= 0.3 is 10.0 Å².